The first-order chi connectivity index (χ1) is 7.78. The molecule has 0 heterocycles. The smallest absolute Gasteiger partial charge is 0.330 e. The summed E-state index contributed by atoms with van der Waals surface area (Å²) >= 11 is 0. The average molecular weight is 250 g/mol. The number of halogens is 3. The first kappa shape index (κ1) is 15.9. The molecule has 2 N–H and O–H groups in total. The van der Waals surface area contributed by atoms with Gasteiger partial charge in [-0.1, -0.05) is 19.3 Å². The molecule has 0 aliphatic heterocycles. The van der Waals surface area contributed by atoms with Crippen LogP contribution >= 0.6 is 0 Å². The Kier molecular flexibility index (Phi) is 6.18. The van der Waals surface area contributed by atoms with Crippen molar-refractivity contribution in [3.05, 3.63) is 0 Å². The third kappa shape index (κ3) is 5.18. The van der Waals surface area contributed by atoms with Crippen molar-refractivity contribution in [1.29, 1.82) is 5.26 Å². The molecular formula is C11H17F3N2O. The highest BCUT2D eigenvalue weighted by atomic mass is 19.4. The van der Waals surface area contributed by atoms with Gasteiger partial charge in [0.2, 0.25) is 0 Å². The van der Waals surface area contributed by atoms with E-state index in [1.807, 2.05) is 0 Å². The van der Waals surface area contributed by atoms with Gasteiger partial charge in [-0.25, -0.2) is 0 Å². The summed E-state index contributed by atoms with van der Waals surface area (Å²) in [6.07, 6.45) is -2.30. The molecule has 6 heteroatoms. The van der Waals surface area contributed by atoms with Crippen molar-refractivity contribution in [2.75, 3.05) is 6.54 Å². The first-order valence-electron chi connectivity index (χ1n) is 5.51. The van der Waals surface area contributed by atoms with Crippen LogP contribution in [-0.4, -0.2) is 18.5 Å². The van der Waals surface area contributed by atoms with Crippen LogP contribution < -0.4 is 5.73 Å². The van der Waals surface area contributed by atoms with Crippen LogP contribution in [0.1, 0.15) is 39.0 Å². The Bertz CT molecular complexity index is 296. The number of carbonyl (C=O) groups is 1. The summed E-state index contributed by atoms with van der Waals surface area (Å²) < 4.78 is 36.7. The normalized spacial score (nSPS) is 15.1. The molecular weight excluding hydrogens is 233 g/mol. The van der Waals surface area contributed by atoms with Gasteiger partial charge in [-0.15, -0.1) is 0 Å². The molecule has 0 bridgehead atoms. The van der Waals surface area contributed by atoms with Crippen LogP contribution in [0.2, 0.25) is 0 Å². The third-order valence-electron chi connectivity index (χ3n) is 2.64. The van der Waals surface area contributed by atoms with Gasteiger partial charge in [0.1, 0.15) is 5.41 Å². The largest absolute Gasteiger partial charge is 0.451 e. The lowest BCUT2D eigenvalue weighted by Crippen LogP contribution is -2.37. The Morgan fingerprint density at radius 1 is 1.24 bits per heavy atom. The van der Waals surface area contributed by atoms with Crippen molar-refractivity contribution in [2.24, 2.45) is 11.1 Å². The van der Waals surface area contributed by atoms with Gasteiger partial charge in [0.05, 0.1) is 6.07 Å². The SMILES string of the molecule is CC(C#N)(CCCCCCN)C(=O)C(F)(F)F. The van der Waals surface area contributed by atoms with Crippen LogP contribution in [-0.2, 0) is 4.79 Å². The molecule has 0 amide bonds. The predicted octanol–water partition coefficient (Wildman–Crippen LogP) is 2.56. The minimum atomic E-state index is -4.94. The van der Waals surface area contributed by atoms with Gasteiger partial charge < -0.3 is 5.73 Å². The number of carbonyl (C=O) groups excluding carboxylic acids is 1. The second kappa shape index (κ2) is 6.60. The van der Waals surface area contributed by atoms with E-state index in [0.29, 0.717) is 19.4 Å². The van der Waals surface area contributed by atoms with Gasteiger partial charge in [0.25, 0.3) is 5.78 Å². The highest BCUT2D eigenvalue weighted by molar-refractivity contribution is 5.91. The number of hydrogen-bond donors (Lipinski definition) is 1. The molecule has 0 radical (unpaired) electrons. The van der Waals surface area contributed by atoms with E-state index in [9.17, 15) is 18.0 Å². The molecule has 0 aliphatic rings. The van der Waals surface area contributed by atoms with E-state index in [1.165, 1.54) is 6.07 Å². The molecule has 0 saturated heterocycles. The number of nitriles is 1. The molecule has 0 aromatic carbocycles. The summed E-state index contributed by atoms with van der Waals surface area (Å²) in [6, 6.07) is 1.48. The number of nitrogens with zero attached hydrogens (tertiary/aromatic N) is 1. The first-order valence-corrected chi connectivity index (χ1v) is 5.51. The summed E-state index contributed by atoms with van der Waals surface area (Å²) in [5, 5.41) is 8.73. The van der Waals surface area contributed by atoms with Crippen molar-refractivity contribution in [2.45, 2.75) is 45.2 Å². The summed E-state index contributed by atoms with van der Waals surface area (Å²) in [7, 11) is 0. The van der Waals surface area contributed by atoms with E-state index in [4.69, 9.17) is 11.0 Å². The maximum Gasteiger partial charge on any atom is 0.451 e. The zero-order valence-electron chi connectivity index (χ0n) is 9.81. The summed E-state index contributed by atoms with van der Waals surface area (Å²) in [5.74, 6) is -1.95. The molecule has 0 aromatic heterocycles. The van der Waals surface area contributed by atoms with Crippen molar-refractivity contribution in [1.82, 2.24) is 0 Å². The number of hydrogen-bond acceptors (Lipinski definition) is 3. The Morgan fingerprint density at radius 3 is 2.18 bits per heavy atom. The van der Waals surface area contributed by atoms with Crippen LogP contribution in [0.5, 0.6) is 0 Å². The second-order valence-electron chi connectivity index (χ2n) is 4.22. The van der Waals surface area contributed by atoms with Gasteiger partial charge in [-0.3, -0.25) is 4.79 Å². The number of rotatable bonds is 7. The zero-order chi connectivity index (χ0) is 13.5. The van der Waals surface area contributed by atoms with Crippen LogP contribution in [0.3, 0.4) is 0 Å². The van der Waals surface area contributed by atoms with E-state index >= 15 is 0 Å². The molecule has 1 atom stereocenters. The lowest BCUT2D eigenvalue weighted by molar-refractivity contribution is -0.178. The number of nitrogens with two attached hydrogens (primary N) is 1. The molecule has 3 nitrogen and oxygen atoms in total. The molecule has 0 aliphatic carbocycles. The highest BCUT2D eigenvalue weighted by Crippen LogP contribution is 2.33. The number of alkyl halides is 3. The molecule has 17 heavy (non-hydrogen) atoms. The van der Waals surface area contributed by atoms with Crippen molar-refractivity contribution in [3.8, 4) is 6.07 Å². The summed E-state index contributed by atoms with van der Waals surface area (Å²) in [5.41, 5.74) is 3.32. The summed E-state index contributed by atoms with van der Waals surface area (Å²) in [6.45, 7) is 1.59. The van der Waals surface area contributed by atoms with E-state index in [2.05, 4.69) is 0 Å². The Labute approximate surface area is 98.8 Å². The van der Waals surface area contributed by atoms with Crippen molar-refractivity contribution < 1.29 is 18.0 Å². The molecule has 98 valence electrons. The van der Waals surface area contributed by atoms with Gasteiger partial charge in [0.15, 0.2) is 0 Å². The van der Waals surface area contributed by atoms with Gasteiger partial charge in [-0.2, -0.15) is 18.4 Å². The van der Waals surface area contributed by atoms with E-state index in [-0.39, 0.29) is 6.42 Å². The van der Waals surface area contributed by atoms with Gasteiger partial charge >= 0.3 is 6.18 Å². The number of Topliss-reactive ketones (excluding diaryl/α,β-unsaturated/α-hetero) is 1. The van der Waals surface area contributed by atoms with E-state index in [1.54, 1.807) is 0 Å². The monoisotopic (exact) mass is 250 g/mol. The third-order valence-corrected chi connectivity index (χ3v) is 2.64. The number of unbranched alkanes of at least 4 members (excludes halogenated alkanes) is 3. The maximum atomic E-state index is 12.2. The molecule has 0 spiro atoms. The van der Waals surface area contributed by atoms with Crippen LogP contribution in [0.15, 0.2) is 0 Å². The second-order valence-corrected chi connectivity index (χ2v) is 4.22. The van der Waals surface area contributed by atoms with E-state index < -0.39 is 17.4 Å². The average Bonchev–Trinajstić information content (AvgIpc) is 2.26. The summed E-state index contributed by atoms with van der Waals surface area (Å²) in [4.78, 5) is 11.1. The topological polar surface area (TPSA) is 66.9 Å². The molecule has 0 fully saturated rings. The lowest BCUT2D eigenvalue weighted by atomic mass is 9.81. The lowest BCUT2D eigenvalue weighted by Gasteiger charge is -2.21. The Morgan fingerprint density at radius 2 is 1.76 bits per heavy atom. The quantitative estimate of drug-likeness (QED) is 0.706. The Hall–Kier alpha value is -1.09. The fourth-order valence-corrected chi connectivity index (χ4v) is 1.51. The predicted molar refractivity (Wildman–Crippen MR) is 56.9 cm³/mol. The minimum Gasteiger partial charge on any atom is -0.330 e. The molecule has 0 rings (SSSR count). The molecule has 1 unspecified atom stereocenters. The number of ketones is 1. The highest BCUT2D eigenvalue weighted by Gasteiger charge is 2.50. The van der Waals surface area contributed by atoms with Crippen molar-refractivity contribution >= 4 is 5.78 Å². The van der Waals surface area contributed by atoms with Crippen molar-refractivity contribution in [3.63, 3.8) is 0 Å². The van der Waals surface area contributed by atoms with Crippen LogP contribution in [0.25, 0.3) is 0 Å². The van der Waals surface area contributed by atoms with Gasteiger partial charge in [-0.05, 0) is 26.3 Å². The molecule has 0 saturated carbocycles. The zero-order valence-corrected chi connectivity index (χ0v) is 9.81. The maximum absolute atomic E-state index is 12.2. The van der Waals surface area contributed by atoms with E-state index in [0.717, 1.165) is 19.8 Å². The van der Waals surface area contributed by atoms with Crippen LogP contribution in [0, 0.1) is 16.7 Å². The fourth-order valence-electron chi connectivity index (χ4n) is 1.51. The Balaban J connectivity index is 4.31. The standard InChI is InChI=1S/C11H17F3N2O/c1-10(8-16,9(17)11(12,13)14)6-4-2-3-5-7-15/h2-7,15H2,1H3. The minimum absolute atomic E-state index is 0.0631. The fraction of sp³-hybridized carbons (Fsp3) is 0.818. The van der Waals surface area contributed by atoms with Crippen LogP contribution in [0.4, 0.5) is 13.2 Å². The van der Waals surface area contributed by atoms with Gasteiger partial charge in [0, 0.05) is 0 Å². The molecule has 0 aromatic rings.